The fourth-order valence-corrected chi connectivity index (χ4v) is 4.00. The summed E-state index contributed by atoms with van der Waals surface area (Å²) in [7, 11) is 0. The largest absolute Gasteiger partial charge is 0.360 e. The van der Waals surface area contributed by atoms with Crippen LogP contribution in [0.3, 0.4) is 0 Å². The molecule has 3 aromatic rings. The summed E-state index contributed by atoms with van der Waals surface area (Å²) in [5, 5.41) is 15.4. The first-order valence-corrected chi connectivity index (χ1v) is 10.2. The van der Waals surface area contributed by atoms with Crippen molar-refractivity contribution in [3.63, 3.8) is 0 Å². The molecule has 0 fully saturated rings. The maximum absolute atomic E-state index is 12.8. The minimum Gasteiger partial charge on any atom is -0.360 e. The number of unbranched alkanes of at least 4 members (excludes halogenated alkanes) is 1. The van der Waals surface area contributed by atoms with Crippen LogP contribution < -0.4 is 5.32 Å². The molecular formula is C20H25N5O2S. The van der Waals surface area contributed by atoms with Crippen LogP contribution in [0.15, 0.2) is 40.3 Å². The Hall–Kier alpha value is -2.61. The predicted octanol–water partition coefficient (Wildman–Crippen LogP) is 4.47. The van der Waals surface area contributed by atoms with Crippen LogP contribution in [-0.4, -0.2) is 31.1 Å². The highest BCUT2D eigenvalue weighted by molar-refractivity contribution is 8.00. The second-order valence-electron chi connectivity index (χ2n) is 6.83. The number of aromatic nitrogens is 4. The maximum atomic E-state index is 12.8. The first-order chi connectivity index (χ1) is 13.5. The van der Waals surface area contributed by atoms with Gasteiger partial charge in [-0.05, 0) is 38.8 Å². The first-order valence-electron chi connectivity index (χ1n) is 9.36. The van der Waals surface area contributed by atoms with Gasteiger partial charge in [0.1, 0.15) is 12.1 Å². The first kappa shape index (κ1) is 20.1. The number of aryl methyl sites for hydroxylation is 3. The van der Waals surface area contributed by atoms with Crippen molar-refractivity contribution in [3.8, 4) is 5.69 Å². The average molecular weight is 400 g/mol. The standard InChI is InChI=1S/C20H25N5O2S/c1-5-6-7-17(19(26)22-18-11-15(4)27-24-18)28-20-23-21-12-25(20)16-9-8-13(2)10-14(16)3/h8-12,17H,5-7H2,1-4H3,(H,22,24,26). The predicted molar refractivity (Wildman–Crippen MR) is 110 cm³/mol. The third kappa shape index (κ3) is 4.81. The van der Waals surface area contributed by atoms with Gasteiger partial charge >= 0.3 is 0 Å². The van der Waals surface area contributed by atoms with Gasteiger partial charge < -0.3 is 9.84 Å². The molecule has 2 aromatic heterocycles. The maximum Gasteiger partial charge on any atom is 0.239 e. The van der Waals surface area contributed by atoms with Crippen LogP contribution in [0.5, 0.6) is 0 Å². The van der Waals surface area contributed by atoms with E-state index in [0.29, 0.717) is 16.7 Å². The molecule has 1 aromatic carbocycles. The number of rotatable bonds is 8. The number of nitrogens with one attached hydrogen (secondary N) is 1. The van der Waals surface area contributed by atoms with Crippen molar-refractivity contribution >= 4 is 23.5 Å². The molecule has 28 heavy (non-hydrogen) atoms. The minimum absolute atomic E-state index is 0.109. The average Bonchev–Trinajstić information content (AvgIpc) is 3.27. The zero-order valence-electron chi connectivity index (χ0n) is 16.6. The number of benzene rings is 1. The van der Waals surface area contributed by atoms with E-state index < -0.39 is 0 Å². The zero-order chi connectivity index (χ0) is 20.1. The Morgan fingerprint density at radius 1 is 1.29 bits per heavy atom. The summed E-state index contributed by atoms with van der Waals surface area (Å²) in [5.74, 6) is 0.977. The van der Waals surface area contributed by atoms with Gasteiger partial charge in [0.25, 0.3) is 0 Å². The Labute approximate surface area is 168 Å². The summed E-state index contributed by atoms with van der Waals surface area (Å²) in [6.07, 6.45) is 4.39. The Balaban J connectivity index is 1.81. The van der Waals surface area contributed by atoms with E-state index in [1.807, 2.05) is 4.57 Å². The van der Waals surface area contributed by atoms with Crippen molar-refractivity contribution in [2.24, 2.45) is 0 Å². The van der Waals surface area contributed by atoms with Crippen molar-refractivity contribution in [3.05, 3.63) is 47.5 Å². The fraction of sp³-hybridized carbons (Fsp3) is 0.400. The number of amides is 1. The highest BCUT2D eigenvalue weighted by Crippen LogP contribution is 2.29. The number of thioether (sulfide) groups is 1. The highest BCUT2D eigenvalue weighted by atomic mass is 32.2. The van der Waals surface area contributed by atoms with Crippen molar-refractivity contribution in [1.29, 1.82) is 0 Å². The number of anilines is 1. The van der Waals surface area contributed by atoms with Gasteiger partial charge in [0.2, 0.25) is 5.91 Å². The lowest BCUT2D eigenvalue weighted by Crippen LogP contribution is -2.26. The summed E-state index contributed by atoms with van der Waals surface area (Å²) in [4.78, 5) is 12.8. The molecule has 0 saturated carbocycles. The molecule has 0 aliphatic rings. The molecule has 7 nitrogen and oxygen atoms in total. The summed E-state index contributed by atoms with van der Waals surface area (Å²) in [6.45, 7) is 8.03. The summed E-state index contributed by atoms with van der Waals surface area (Å²) < 4.78 is 6.97. The van der Waals surface area contributed by atoms with Gasteiger partial charge in [0.05, 0.1) is 10.9 Å². The molecule has 1 N–H and O–H groups in total. The van der Waals surface area contributed by atoms with E-state index in [1.165, 1.54) is 17.3 Å². The number of carbonyl (C=O) groups excluding carboxylic acids is 1. The molecule has 148 valence electrons. The van der Waals surface area contributed by atoms with Crippen molar-refractivity contribution in [2.75, 3.05) is 5.32 Å². The lowest BCUT2D eigenvalue weighted by molar-refractivity contribution is -0.115. The molecule has 1 atom stereocenters. The minimum atomic E-state index is -0.300. The summed E-state index contributed by atoms with van der Waals surface area (Å²) in [5.41, 5.74) is 3.35. The molecule has 0 bridgehead atoms. The molecule has 2 heterocycles. The van der Waals surface area contributed by atoms with Crippen LogP contribution in [0.4, 0.5) is 5.82 Å². The molecule has 1 unspecified atom stereocenters. The SMILES string of the molecule is CCCCC(Sc1nncn1-c1ccc(C)cc1C)C(=O)Nc1cc(C)on1. The van der Waals surface area contributed by atoms with Gasteiger partial charge in [-0.1, -0.05) is 54.4 Å². The summed E-state index contributed by atoms with van der Waals surface area (Å²) >= 11 is 1.42. The molecule has 0 saturated heterocycles. The van der Waals surface area contributed by atoms with Crippen LogP contribution in [0.25, 0.3) is 5.69 Å². The Kier molecular flexibility index (Phi) is 6.51. The van der Waals surface area contributed by atoms with E-state index >= 15 is 0 Å². The Morgan fingerprint density at radius 2 is 2.11 bits per heavy atom. The van der Waals surface area contributed by atoms with Gasteiger partial charge in [0.15, 0.2) is 11.0 Å². The van der Waals surface area contributed by atoms with Gasteiger partial charge in [0, 0.05) is 6.07 Å². The van der Waals surface area contributed by atoms with Gasteiger partial charge in [-0.25, -0.2) is 0 Å². The summed E-state index contributed by atoms with van der Waals surface area (Å²) in [6, 6.07) is 7.94. The van der Waals surface area contributed by atoms with Crippen molar-refractivity contribution in [1.82, 2.24) is 19.9 Å². The second-order valence-corrected chi connectivity index (χ2v) is 8.00. The zero-order valence-corrected chi connectivity index (χ0v) is 17.4. The number of carbonyl (C=O) groups is 1. The molecule has 8 heteroatoms. The van der Waals surface area contributed by atoms with Crippen molar-refractivity contribution < 1.29 is 9.32 Å². The van der Waals surface area contributed by atoms with E-state index in [2.05, 4.69) is 59.6 Å². The normalized spacial score (nSPS) is 12.1. The second kappa shape index (κ2) is 9.05. The third-order valence-electron chi connectivity index (χ3n) is 4.37. The van der Waals surface area contributed by atoms with Crippen LogP contribution in [0.1, 0.15) is 43.1 Å². The quantitative estimate of drug-likeness (QED) is 0.563. The smallest absolute Gasteiger partial charge is 0.239 e. The monoisotopic (exact) mass is 399 g/mol. The molecule has 0 radical (unpaired) electrons. The van der Waals surface area contributed by atoms with Crippen LogP contribution in [0.2, 0.25) is 0 Å². The van der Waals surface area contributed by atoms with Crippen LogP contribution in [-0.2, 0) is 4.79 Å². The van der Waals surface area contributed by atoms with E-state index in [1.54, 1.807) is 19.3 Å². The lowest BCUT2D eigenvalue weighted by atomic mass is 10.1. The molecular weight excluding hydrogens is 374 g/mol. The van der Waals surface area contributed by atoms with E-state index in [9.17, 15) is 4.79 Å². The number of hydrogen-bond donors (Lipinski definition) is 1. The lowest BCUT2D eigenvalue weighted by Gasteiger charge is -2.16. The molecule has 0 aliphatic carbocycles. The number of hydrogen-bond acceptors (Lipinski definition) is 6. The van der Waals surface area contributed by atoms with E-state index in [-0.39, 0.29) is 11.2 Å². The van der Waals surface area contributed by atoms with Crippen LogP contribution in [0, 0.1) is 20.8 Å². The van der Waals surface area contributed by atoms with Gasteiger partial charge in [-0.15, -0.1) is 10.2 Å². The molecule has 0 aliphatic heterocycles. The topological polar surface area (TPSA) is 85.8 Å². The Morgan fingerprint density at radius 3 is 2.79 bits per heavy atom. The molecule has 1 amide bonds. The van der Waals surface area contributed by atoms with E-state index in [4.69, 9.17) is 4.52 Å². The van der Waals surface area contributed by atoms with E-state index in [0.717, 1.165) is 30.5 Å². The third-order valence-corrected chi connectivity index (χ3v) is 5.59. The van der Waals surface area contributed by atoms with Gasteiger partial charge in [-0.3, -0.25) is 9.36 Å². The number of nitrogens with zero attached hydrogens (tertiary/aromatic N) is 4. The fourth-order valence-electron chi connectivity index (χ4n) is 2.94. The van der Waals surface area contributed by atoms with Crippen molar-refractivity contribution in [2.45, 2.75) is 57.4 Å². The Bertz CT molecular complexity index is 950. The highest BCUT2D eigenvalue weighted by Gasteiger charge is 2.24. The van der Waals surface area contributed by atoms with Crippen LogP contribution >= 0.6 is 11.8 Å². The molecule has 3 rings (SSSR count). The molecule has 0 spiro atoms. The van der Waals surface area contributed by atoms with Gasteiger partial charge in [-0.2, -0.15) is 0 Å².